The zero-order valence-electron chi connectivity index (χ0n) is 11.6. The quantitative estimate of drug-likeness (QED) is 0.724. The molecule has 1 heterocycles. The minimum Gasteiger partial charge on any atom is -0.384 e. The van der Waals surface area contributed by atoms with Crippen LogP contribution < -0.4 is 10.6 Å². The Morgan fingerprint density at radius 3 is 2.50 bits per heavy atom. The summed E-state index contributed by atoms with van der Waals surface area (Å²) in [6.07, 6.45) is 1.71. The van der Waals surface area contributed by atoms with Crippen molar-refractivity contribution in [1.82, 2.24) is 15.5 Å². The van der Waals surface area contributed by atoms with Crippen LogP contribution >= 0.6 is 12.4 Å². The molecule has 0 aromatic rings. The number of methoxy groups -OCH3 is 1. The van der Waals surface area contributed by atoms with Crippen LogP contribution in [0, 0.1) is 5.41 Å². The van der Waals surface area contributed by atoms with Gasteiger partial charge in [0.1, 0.15) is 0 Å². The Kier molecular flexibility index (Phi) is 8.52. The Bertz CT molecular complexity index is 238. The average molecular weight is 280 g/mol. The van der Waals surface area contributed by atoms with E-state index in [0.717, 1.165) is 32.5 Å². The Hall–Kier alpha value is -0.360. The highest BCUT2D eigenvalue weighted by Gasteiger charge is 2.39. The van der Waals surface area contributed by atoms with Crippen LogP contribution in [0.2, 0.25) is 0 Å². The van der Waals surface area contributed by atoms with Crippen molar-refractivity contribution in [1.29, 1.82) is 0 Å². The van der Waals surface area contributed by atoms with Gasteiger partial charge < -0.3 is 20.3 Å². The molecule has 0 aromatic heterocycles. The molecule has 1 aliphatic heterocycles. The van der Waals surface area contributed by atoms with Crippen molar-refractivity contribution in [3.8, 4) is 0 Å². The lowest BCUT2D eigenvalue weighted by molar-refractivity contribution is -0.136. The van der Waals surface area contributed by atoms with Crippen molar-refractivity contribution in [3.05, 3.63) is 0 Å². The van der Waals surface area contributed by atoms with Crippen LogP contribution in [0.1, 0.15) is 12.8 Å². The van der Waals surface area contributed by atoms with Gasteiger partial charge in [-0.3, -0.25) is 4.79 Å². The molecule has 1 saturated heterocycles. The highest BCUT2D eigenvalue weighted by molar-refractivity contribution is 5.85. The van der Waals surface area contributed by atoms with E-state index in [1.54, 1.807) is 7.11 Å². The van der Waals surface area contributed by atoms with Crippen LogP contribution in [0.5, 0.6) is 0 Å². The van der Waals surface area contributed by atoms with Gasteiger partial charge in [-0.1, -0.05) is 0 Å². The van der Waals surface area contributed by atoms with Gasteiger partial charge in [0.05, 0.1) is 12.0 Å². The minimum atomic E-state index is -0.327. The van der Waals surface area contributed by atoms with Crippen LogP contribution in [-0.2, 0) is 9.53 Å². The van der Waals surface area contributed by atoms with Gasteiger partial charge in [0.15, 0.2) is 0 Å². The summed E-state index contributed by atoms with van der Waals surface area (Å²) in [7, 11) is 5.67. The van der Waals surface area contributed by atoms with E-state index in [-0.39, 0.29) is 23.7 Å². The number of ether oxygens (including phenoxy) is 1. The first kappa shape index (κ1) is 17.6. The van der Waals surface area contributed by atoms with E-state index in [0.29, 0.717) is 13.2 Å². The fraction of sp³-hybridized carbons (Fsp3) is 0.917. The van der Waals surface area contributed by atoms with Gasteiger partial charge in [-0.05, 0) is 40.0 Å². The number of hydrogen-bond donors (Lipinski definition) is 2. The first-order chi connectivity index (χ1) is 8.10. The van der Waals surface area contributed by atoms with Gasteiger partial charge >= 0.3 is 0 Å². The lowest BCUT2D eigenvalue weighted by Crippen LogP contribution is -2.51. The highest BCUT2D eigenvalue weighted by Crippen LogP contribution is 2.29. The van der Waals surface area contributed by atoms with E-state index >= 15 is 0 Å². The molecule has 0 atom stereocenters. The van der Waals surface area contributed by atoms with Gasteiger partial charge in [-0.15, -0.1) is 12.4 Å². The molecule has 0 unspecified atom stereocenters. The van der Waals surface area contributed by atoms with Crippen molar-refractivity contribution in [2.45, 2.75) is 12.8 Å². The summed E-state index contributed by atoms with van der Waals surface area (Å²) in [6, 6.07) is 0. The van der Waals surface area contributed by atoms with Crippen LogP contribution in [-0.4, -0.2) is 64.8 Å². The molecule has 1 amide bonds. The van der Waals surface area contributed by atoms with Crippen molar-refractivity contribution < 1.29 is 9.53 Å². The third-order valence-electron chi connectivity index (χ3n) is 3.31. The molecule has 0 bridgehead atoms. The van der Waals surface area contributed by atoms with Crippen LogP contribution in [0.3, 0.4) is 0 Å². The molecule has 5 nitrogen and oxygen atoms in total. The number of nitrogens with one attached hydrogen (secondary N) is 2. The van der Waals surface area contributed by atoms with Gasteiger partial charge in [0, 0.05) is 20.2 Å². The molecular formula is C12H26ClN3O2. The van der Waals surface area contributed by atoms with Crippen molar-refractivity contribution in [2.75, 3.05) is 54.0 Å². The number of amides is 1. The van der Waals surface area contributed by atoms with Gasteiger partial charge in [0.2, 0.25) is 5.91 Å². The second-order valence-corrected chi connectivity index (χ2v) is 5.02. The number of nitrogens with zero attached hydrogens (tertiary/aromatic N) is 1. The molecule has 1 fully saturated rings. The molecule has 1 aliphatic rings. The average Bonchev–Trinajstić information content (AvgIpc) is 2.30. The summed E-state index contributed by atoms with van der Waals surface area (Å²) in [6.45, 7) is 3.87. The SMILES string of the molecule is COCC1(C(=O)NCCN(C)C)CCNCC1.Cl. The molecule has 6 heteroatoms. The molecular weight excluding hydrogens is 254 g/mol. The lowest BCUT2D eigenvalue weighted by Gasteiger charge is -2.35. The summed E-state index contributed by atoms with van der Waals surface area (Å²) in [5.41, 5.74) is -0.327. The Labute approximate surface area is 116 Å². The van der Waals surface area contributed by atoms with Crippen LogP contribution in [0.4, 0.5) is 0 Å². The summed E-state index contributed by atoms with van der Waals surface area (Å²) in [5, 5.41) is 6.30. The fourth-order valence-electron chi connectivity index (χ4n) is 2.20. The normalized spacial score (nSPS) is 18.2. The maximum Gasteiger partial charge on any atom is 0.228 e. The summed E-state index contributed by atoms with van der Waals surface area (Å²) in [4.78, 5) is 14.3. The first-order valence-corrected chi connectivity index (χ1v) is 6.23. The van der Waals surface area contributed by atoms with E-state index in [4.69, 9.17) is 4.74 Å². The van der Waals surface area contributed by atoms with E-state index in [1.807, 2.05) is 14.1 Å². The molecule has 2 N–H and O–H groups in total. The smallest absolute Gasteiger partial charge is 0.228 e. The van der Waals surface area contributed by atoms with Gasteiger partial charge in [-0.2, -0.15) is 0 Å². The third-order valence-corrected chi connectivity index (χ3v) is 3.31. The topological polar surface area (TPSA) is 53.6 Å². The van der Waals surface area contributed by atoms with Crippen molar-refractivity contribution >= 4 is 18.3 Å². The maximum absolute atomic E-state index is 12.3. The molecule has 18 heavy (non-hydrogen) atoms. The van der Waals surface area contributed by atoms with Crippen molar-refractivity contribution in [3.63, 3.8) is 0 Å². The first-order valence-electron chi connectivity index (χ1n) is 6.23. The monoisotopic (exact) mass is 279 g/mol. The molecule has 0 saturated carbocycles. The summed E-state index contributed by atoms with van der Waals surface area (Å²) < 4.78 is 5.23. The van der Waals surface area contributed by atoms with E-state index in [2.05, 4.69) is 15.5 Å². The third kappa shape index (κ3) is 5.10. The summed E-state index contributed by atoms with van der Waals surface area (Å²) in [5.74, 6) is 0.141. The number of halogens is 1. The molecule has 0 spiro atoms. The zero-order chi connectivity index (χ0) is 12.7. The minimum absolute atomic E-state index is 0. The molecule has 1 rings (SSSR count). The second kappa shape index (κ2) is 8.69. The Morgan fingerprint density at radius 2 is 2.00 bits per heavy atom. The zero-order valence-corrected chi connectivity index (χ0v) is 12.4. The largest absolute Gasteiger partial charge is 0.384 e. The second-order valence-electron chi connectivity index (χ2n) is 5.02. The fourth-order valence-corrected chi connectivity index (χ4v) is 2.20. The van der Waals surface area contributed by atoms with E-state index in [9.17, 15) is 4.79 Å². The molecule has 108 valence electrons. The Morgan fingerprint density at radius 1 is 1.39 bits per heavy atom. The van der Waals surface area contributed by atoms with E-state index < -0.39 is 0 Å². The van der Waals surface area contributed by atoms with Gasteiger partial charge in [-0.25, -0.2) is 0 Å². The molecule has 0 aliphatic carbocycles. The number of piperidine rings is 1. The molecule has 0 radical (unpaired) electrons. The summed E-state index contributed by atoms with van der Waals surface area (Å²) >= 11 is 0. The van der Waals surface area contributed by atoms with Crippen LogP contribution in [0.15, 0.2) is 0 Å². The van der Waals surface area contributed by atoms with Gasteiger partial charge in [0.25, 0.3) is 0 Å². The number of carbonyl (C=O) groups is 1. The van der Waals surface area contributed by atoms with E-state index in [1.165, 1.54) is 0 Å². The number of hydrogen-bond acceptors (Lipinski definition) is 4. The maximum atomic E-state index is 12.3. The standard InChI is InChI=1S/C12H25N3O2.ClH/c1-15(2)9-8-14-11(16)12(10-17-3)4-6-13-7-5-12;/h13H,4-10H2,1-3H3,(H,14,16);1H. The van der Waals surface area contributed by atoms with Crippen molar-refractivity contribution in [2.24, 2.45) is 5.41 Å². The van der Waals surface area contributed by atoms with Crippen LogP contribution in [0.25, 0.3) is 0 Å². The molecule has 0 aromatic carbocycles. The number of likely N-dealkylation sites (N-methyl/N-ethyl adjacent to an activating group) is 1. The lowest BCUT2D eigenvalue weighted by atomic mass is 9.78. The Balaban J connectivity index is 0.00000289. The predicted molar refractivity (Wildman–Crippen MR) is 75.2 cm³/mol. The number of rotatable bonds is 6. The predicted octanol–water partition coefficient (Wildman–Crippen LogP) is 0.102. The highest BCUT2D eigenvalue weighted by atomic mass is 35.5. The number of carbonyl (C=O) groups excluding carboxylic acids is 1.